The number of fused-ring (bicyclic) bond motifs is 1. The Labute approximate surface area is 168 Å². The van der Waals surface area contributed by atoms with Gasteiger partial charge >= 0.3 is 0 Å². The van der Waals surface area contributed by atoms with Crippen molar-refractivity contribution in [2.75, 3.05) is 23.7 Å². The van der Waals surface area contributed by atoms with Crippen molar-refractivity contribution in [3.63, 3.8) is 0 Å². The molecule has 0 radical (unpaired) electrons. The summed E-state index contributed by atoms with van der Waals surface area (Å²) in [5.74, 6) is 0.0606. The molecule has 0 fully saturated rings. The van der Waals surface area contributed by atoms with Gasteiger partial charge in [0, 0.05) is 29.4 Å². The van der Waals surface area contributed by atoms with Gasteiger partial charge in [0.2, 0.25) is 5.91 Å². The van der Waals surface area contributed by atoms with E-state index in [2.05, 4.69) is 34.8 Å². The van der Waals surface area contributed by atoms with E-state index in [0.29, 0.717) is 23.7 Å². The second-order valence-corrected chi connectivity index (χ2v) is 7.79. The molecule has 0 saturated carbocycles. The highest BCUT2D eigenvalue weighted by Crippen LogP contribution is 2.29. The summed E-state index contributed by atoms with van der Waals surface area (Å²) >= 11 is 1.68. The predicted molar refractivity (Wildman–Crippen MR) is 115 cm³/mol. The lowest BCUT2D eigenvalue weighted by atomic mass is 10.2. The molecule has 0 unspecified atom stereocenters. The number of anilines is 2. The molecule has 0 aliphatic rings. The van der Waals surface area contributed by atoms with Crippen LogP contribution in [0.5, 0.6) is 0 Å². The number of carbonyl (C=O) groups excluding carboxylic acids is 2. The molecule has 0 atom stereocenters. The Morgan fingerprint density at radius 3 is 2.68 bits per heavy atom. The molecule has 0 aliphatic carbocycles. The lowest BCUT2D eigenvalue weighted by Gasteiger charge is -2.09. The van der Waals surface area contributed by atoms with Gasteiger partial charge in [-0.15, -0.1) is 11.3 Å². The fourth-order valence-electron chi connectivity index (χ4n) is 2.69. The number of benzene rings is 2. The van der Waals surface area contributed by atoms with Gasteiger partial charge in [-0.05, 0) is 43.3 Å². The van der Waals surface area contributed by atoms with Crippen LogP contribution in [0.1, 0.15) is 42.1 Å². The number of hydrogen-bond donors (Lipinski definition) is 3. The van der Waals surface area contributed by atoms with Crippen molar-refractivity contribution >= 4 is 44.7 Å². The van der Waals surface area contributed by atoms with Crippen LogP contribution in [0, 0.1) is 0 Å². The second-order valence-electron chi connectivity index (χ2n) is 6.73. The number of thiazole rings is 1. The van der Waals surface area contributed by atoms with E-state index in [4.69, 9.17) is 0 Å². The monoisotopic (exact) mass is 396 g/mol. The topological polar surface area (TPSA) is 83.1 Å². The van der Waals surface area contributed by atoms with Crippen molar-refractivity contribution in [2.45, 2.75) is 26.7 Å². The number of aromatic nitrogens is 1. The Kier molecular flexibility index (Phi) is 6.26. The van der Waals surface area contributed by atoms with Crippen molar-refractivity contribution in [1.29, 1.82) is 0 Å². The van der Waals surface area contributed by atoms with Gasteiger partial charge in [0.15, 0.2) is 0 Å². The number of carbonyl (C=O) groups is 2. The zero-order chi connectivity index (χ0) is 20.1. The van der Waals surface area contributed by atoms with Crippen molar-refractivity contribution < 1.29 is 9.59 Å². The number of nitrogens with zero attached hydrogens (tertiary/aromatic N) is 1. The van der Waals surface area contributed by atoms with Crippen LogP contribution in [0.3, 0.4) is 0 Å². The summed E-state index contributed by atoms with van der Waals surface area (Å²) in [4.78, 5) is 28.8. The van der Waals surface area contributed by atoms with E-state index < -0.39 is 0 Å². The molecule has 0 aliphatic heterocycles. The minimum Gasteiger partial charge on any atom is -0.376 e. The van der Waals surface area contributed by atoms with Crippen LogP contribution in [0.15, 0.2) is 42.5 Å². The molecule has 1 heterocycles. The maximum absolute atomic E-state index is 12.3. The first-order chi connectivity index (χ1) is 13.5. The first-order valence-corrected chi connectivity index (χ1v) is 10.1. The van der Waals surface area contributed by atoms with Crippen molar-refractivity contribution in [3.05, 3.63) is 53.0 Å². The maximum Gasteiger partial charge on any atom is 0.251 e. The summed E-state index contributed by atoms with van der Waals surface area (Å²) in [6.45, 7) is 6.81. The van der Waals surface area contributed by atoms with Gasteiger partial charge in [-0.25, -0.2) is 4.98 Å². The minimum absolute atomic E-state index is 0.132. The summed E-state index contributed by atoms with van der Waals surface area (Å²) in [7, 11) is 0. The fourth-order valence-corrected chi connectivity index (χ4v) is 3.70. The Balaban J connectivity index is 1.60. The summed E-state index contributed by atoms with van der Waals surface area (Å²) in [6, 6.07) is 12.8. The third-order valence-corrected chi connectivity index (χ3v) is 5.42. The lowest BCUT2D eigenvalue weighted by Crippen LogP contribution is -2.24. The van der Waals surface area contributed by atoms with E-state index in [0.717, 1.165) is 20.9 Å². The number of nitrogens with one attached hydrogen (secondary N) is 3. The van der Waals surface area contributed by atoms with E-state index in [1.165, 1.54) is 0 Å². The molecule has 7 heteroatoms. The van der Waals surface area contributed by atoms with E-state index in [1.54, 1.807) is 35.6 Å². The molecule has 0 bridgehead atoms. The fraction of sp³-hybridized carbons (Fsp3) is 0.286. The molecule has 2 amide bonds. The average molecular weight is 397 g/mol. The molecule has 0 saturated heterocycles. The second kappa shape index (κ2) is 8.84. The van der Waals surface area contributed by atoms with Gasteiger partial charge in [-0.3, -0.25) is 9.59 Å². The SMILES string of the molecule is CCNC(=O)c1cccc(NC(=O)CNc2ccc3nc(C(C)C)sc3c2)c1. The van der Waals surface area contributed by atoms with Crippen LogP contribution >= 0.6 is 11.3 Å². The van der Waals surface area contributed by atoms with Crippen LogP contribution in [-0.4, -0.2) is 29.9 Å². The Morgan fingerprint density at radius 2 is 1.93 bits per heavy atom. The molecular weight excluding hydrogens is 372 g/mol. The molecule has 28 heavy (non-hydrogen) atoms. The van der Waals surface area contributed by atoms with E-state index in [1.807, 2.05) is 25.1 Å². The largest absolute Gasteiger partial charge is 0.376 e. The van der Waals surface area contributed by atoms with Gasteiger partial charge in [0.25, 0.3) is 5.91 Å². The lowest BCUT2D eigenvalue weighted by molar-refractivity contribution is -0.114. The summed E-state index contributed by atoms with van der Waals surface area (Å²) in [6.07, 6.45) is 0. The predicted octanol–water partition coefficient (Wildman–Crippen LogP) is 4.22. The van der Waals surface area contributed by atoms with Gasteiger partial charge in [0.05, 0.1) is 21.8 Å². The van der Waals surface area contributed by atoms with Crippen molar-refractivity contribution in [1.82, 2.24) is 10.3 Å². The molecule has 1 aromatic heterocycles. The van der Waals surface area contributed by atoms with Crippen LogP contribution in [-0.2, 0) is 4.79 Å². The normalized spacial score (nSPS) is 10.9. The van der Waals surface area contributed by atoms with E-state index in [-0.39, 0.29) is 18.4 Å². The molecule has 2 aromatic carbocycles. The third kappa shape index (κ3) is 4.86. The molecule has 3 aromatic rings. The van der Waals surface area contributed by atoms with Crippen molar-refractivity contribution in [2.24, 2.45) is 0 Å². The molecular formula is C21H24N4O2S. The van der Waals surface area contributed by atoms with Crippen LogP contribution in [0.2, 0.25) is 0 Å². The maximum atomic E-state index is 12.3. The van der Waals surface area contributed by atoms with E-state index >= 15 is 0 Å². The first-order valence-electron chi connectivity index (χ1n) is 9.28. The van der Waals surface area contributed by atoms with Crippen LogP contribution in [0.4, 0.5) is 11.4 Å². The zero-order valence-corrected chi connectivity index (χ0v) is 17.0. The summed E-state index contributed by atoms with van der Waals surface area (Å²) in [5.41, 5.74) is 2.96. The molecule has 0 spiro atoms. The number of rotatable bonds is 7. The molecule has 6 nitrogen and oxygen atoms in total. The highest BCUT2D eigenvalue weighted by molar-refractivity contribution is 7.18. The first kappa shape index (κ1) is 19.8. The zero-order valence-electron chi connectivity index (χ0n) is 16.2. The average Bonchev–Trinajstić information content (AvgIpc) is 3.10. The number of hydrogen-bond acceptors (Lipinski definition) is 5. The highest BCUT2D eigenvalue weighted by atomic mass is 32.1. The van der Waals surface area contributed by atoms with Crippen LogP contribution in [0.25, 0.3) is 10.2 Å². The Morgan fingerprint density at radius 1 is 1.11 bits per heavy atom. The summed E-state index contributed by atoms with van der Waals surface area (Å²) in [5, 5.41) is 9.81. The van der Waals surface area contributed by atoms with E-state index in [9.17, 15) is 9.59 Å². The minimum atomic E-state index is -0.180. The summed E-state index contributed by atoms with van der Waals surface area (Å²) < 4.78 is 1.10. The molecule has 3 rings (SSSR count). The van der Waals surface area contributed by atoms with Gasteiger partial charge in [0.1, 0.15) is 0 Å². The Hall–Kier alpha value is -2.93. The number of amides is 2. The molecule has 146 valence electrons. The van der Waals surface area contributed by atoms with Gasteiger partial charge in [-0.2, -0.15) is 0 Å². The standard InChI is InChI=1S/C21H24N4O2S/c1-4-22-20(27)14-6-5-7-16(10-14)24-19(26)12-23-15-8-9-17-18(11-15)28-21(25-17)13(2)3/h5-11,13,23H,4,12H2,1-3H3,(H,22,27)(H,24,26). The third-order valence-electron chi connectivity index (χ3n) is 4.10. The van der Waals surface area contributed by atoms with Crippen molar-refractivity contribution in [3.8, 4) is 0 Å². The molecule has 3 N–H and O–H groups in total. The Bertz CT molecular complexity index is 997. The highest BCUT2D eigenvalue weighted by Gasteiger charge is 2.09. The van der Waals surface area contributed by atoms with Crippen LogP contribution < -0.4 is 16.0 Å². The van der Waals surface area contributed by atoms with Gasteiger partial charge in [-0.1, -0.05) is 19.9 Å². The van der Waals surface area contributed by atoms with Gasteiger partial charge < -0.3 is 16.0 Å². The quantitative estimate of drug-likeness (QED) is 0.558. The smallest absolute Gasteiger partial charge is 0.251 e.